The second-order valence-corrected chi connectivity index (χ2v) is 7.52. The number of rotatable bonds is 9. The first-order valence-electron chi connectivity index (χ1n) is 9.18. The van der Waals surface area contributed by atoms with Crippen LogP contribution in [0.25, 0.3) is 0 Å². The molecule has 1 aromatic rings. The van der Waals surface area contributed by atoms with Gasteiger partial charge < -0.3 is 9.47 Å². The van der Waals surface area contributed by atoms with Gasteiger partial charge in [0.15, 0.2) is 0 Å². The third-order valence-corrected chi connectivity index (χ3v) is 4.03. The number of hydrogen-bond donors (Lipinski definition) is 0. The molecular formula is C21H32O4. The average molecular weight is 348 g/mol. The normalized spacial score (nSPS) is 13.8. The van der Waals surface area contributed by atoms with Crippen LogP contribution in [-0.4, -0.2) is 17.5 Å². The predicted octanol–water partition coefficient (Wildman–Crippen LogP) is 4.90. The van der Waals surface area contributed by atoms with Crippen LogP contribution in [0, 0.1) is 11.8 Å². The summed E-state index contributed by atoms with van der Waals surface area (Å²) in [5.74, 6) is -1.64. The third kappa shape index (κ3) is 8.19. The van der Waals surface area contributed by atoms with Gasteiger partial charge in [-0.3, -0.25) is 9.59 Å². The van der Waals surface area contributed by atoms with Gasteiger partial charge in [-0.25, -0.2) is 0 Å². The maximum absolute atomic E-state index is 12.5. The van der Waals surface area contributed by atoms with E-state index in [2.05, 4.69) is 6.92 Å². The second-order valence-electron chi connectivity index (χ2n) is 7.52. The van der Waals surface area contributed by atoms with Gasteiger partial charge in [0.25, 0.3) is 0 Å². The lowest BCUT2D eigenvalue weighted by Crippen LogP contribution is -2.35. The highest BCUT2D eigenvalue weighted by molar-refractivity contribution is 5.82. The Labute approximate surface area is 151 Å². The molecule has 1 rings (SSSR count). The van der Waals surface area contributed by atoms with Crippen molar-refractivity contribution in [2.45, 2.75) is 72.5 Å². The number of esters is 2. The van der Waals surface area contributed by atoms with E-state index in [1.54, 1.807) is 6.92 Å². The zero-order valence-electron chi connectivity index (χ0n) is 16.2. The van der Waals surface area contributed by atoms with Gasteiger partial charge in [0.1, 0.15) is 12.2 Å². The molecule has 4 nitrogen and oxygen atoms in total. The highest BCUT2D eigenvalue weighted by Crippen LogP contribution is 2.25. The first kappa shape index (κ1) is 21.2. The van der Waals surface area contributed by atoms with Gasteiger partial charge in [0.2, 0.25) is 0 Å². The second kappa shape index (κ2) is 10.2. The van der Waals surface area contributed by atoms with Crippen LogP contribution in [0.1, 0.15) is 65.9 Å². The number of ether oxygens (including phenoxy) is 2. The molecule has 0 aliphatic carbocycles. The molecule has 0 saturated carbocycles. The lowest BCUT2D eigenvalue weighted by Gasteiger charge is -2.26. The molecule has 0 radical (unpaired) electrons. The molecule has 2 atom stereocenters. The summed E-state index contributed by atoms with van der Waals surface area (Å²) in [7, 11) is 0. The van der Waals surface area contributed by atoms with E-state index in [1.807, 2.05) is 51.1 Å². The Hall–Kier alpha value is -1.84. The predicted molar refractivity (Wildman–Crippen MR) is 98.9 cm³/mol. The molecule has 0 aromatic heterocycles. The first-order valence-corrected chi connectivity index (χ1v) is 9.18. The van der Waals surface area contributed by atoms with Crippen molar-refractivity contribution in [2.24, 2.45) is 11.8 Å². The van der Waals surface area contributed by atoms with Gasteiger partial charge in [-0.2, -0.15) is 0 Å². The fourth-order valence-electron chi connectivity index (χ4n) is 2.59. The van der Waals surface area contributed by atoms with Crippen molar-refractivity contribution in [3.8, 4) is 0 Å². The Morgan fingerprint density at radius 2 is 1.68 bits per heavy atom. The fourth-order valence-corrected chi connectivity index (χ4v) is 2.59. The van der Waals surface area contributed by atoms with E-state index in [1.165, 1.54) is 0 Å². The Morgan fingerprint density at radius 1 is 1.04 bits per heavy atom. The smallest absolute Gasteiger partial charge is 0.310 e. The molecule has 0 fully saturated rings. The summed E-state index contributed by atoms with van der Waals surface area (Å²) in [4.78, 5) is 25.0. The van der Waals surface area contributed by atoms with E-state index in [9.17, 15) is 9.59 Å². The summed E-state index contributed by atoms with van der Waals surface area (Å²) >= 11 is 0. The lowest BCUT2D eigenvalue weighted by molar-refractivity contribution is -0.168. The Bertz CT molecular complexity index is 531. The maximum Gasteiger partial charge on any atom is 0.310 e. The van der Waals surface area contributed by atoms with Crippen molar-refractivity contribution in [1.82, 2.24) is 0 Å². The van der Waals surface area contributed by atoms with Crippen molar-refractivity contribution in [2.75, 3.05) is 0 Å². The molecule has 25 heavy (non-hydrogen) atoms. The van der Waals surface area contributed by atoms with Crippen LogP contribution >= 0.6 is 0 Å². The number of unbranched alkanes of at least 4 members (excludes halogenated alkanes) is 2. The number of carbonyl (C=O) groups is 2. The fraction of sp³-hybridized carbons (Fsp3) is 0.619. The minimum absolute atomic E-state index is 0.222. The summed E-state index contributed by atoms with van der Waals surface area (Å²) in [6.07, 6.45) is 3.64. The summed E-state index contributed by atoms with van der Waals surface area (Å²) in [5, 5.41) is 0. The van der Waals surface area contributed by atoms with Gasteiger partial charge in [-0.1, -0.05) is 63.4 Å². The van der Waals surface area contributed by atoms with Crippen LogP contribution in [0.3, 0.4) is 0 Å². The van der Waals surface area contributed by atoms with E-state index in [0.29, 0.717) is 6.42 Å². The van der Waals surface area contributed by atoms with E-state index >= 15 is 0 Å². The minimum atomic E-state index is -0.562. The van der Waals surface area contributed by atoms with E-state index < -0.39 is 17.4 Å². The molecule has 0 heterocycles. The van der Waals surface area contributed by atoms with Gasteiger partial charge in [-0.15, -0.1) is 0 Å². The van der Waals surface area contributed by atoms with Crippen molar-refractivity contribution in [3.05, 3.63) is 35.9 Å². The Kier molecular flexibility index (Phi) is 8.67. The van der Waals surface area contributed by atoms with Crippen LogP contribution in [0.15, 0.2) is 30.3 Å². The summed E-state index contributed by atoms with van der Waals surface area (Å²) in [5.41, 5.74) is 0.371. The molecule has 0 N–H and O–H groups in total. The molecule has 1 aromatic carbocycles. The highest BCUT2D eigenvalue weighted by atomic mass is 16.6. The van der Waals surface area contributed by atoms with Crippen LogP contribution in [0.4, 0.5) is 0 Å². The topological polar surface area (TPSA) is 52.6 Å². The van der Waals surface area contributed by atoms with Gasteiger partial charge in [-0.05, 0) is 32.8 Å². The maximum atomic E-state index is 12.5. The van der Waals surface area contributed by atoms with Gasteiger partial charge in [0, 0.05) is 0 Å². The molecule has 0 spiro atoms. The van der Waals surface area contributed by atoms with Crippen molar-refractivity contribution >= 4 is 11.9 Å². The number of hydrogen-bond acceptors (Lipinski definition) is 4. The van der Waals surface area contributed by atoms with Gasteiger partial charge in [0.05, 0.1) is 11.8 Å². The Morgan fingerprint density at radius 3 is 2.24 bits per heavy atom. The minimum Gasteiger partial charge on any atom is -0.461 e. The molecule has 140 valence electrons. The molecule has 2 unspecified atom stereocenters. The van der Waals surface area contributed by atoms with Gasteiger partial charge >= 0.3 is 11.9 Å². The largest absolute Gasteiger partial charge is 0.461 e. The zero-order valence-corrected chi connectivity index (χ0v) is 16.2. The molecule has 0 saturated heterocycles. The van der Waals surface area contributed by atoms with Crippen LogP contribution in [-0.2, 0) is 25.7 Å². The molecule has 0 amide bonds. The van der Waals surface area contributed by atoms with E-state index in [-0.39, 0.29) is 18.5 Å². The lowest BCUT2D eigenvalue weighted by atomic mass is 9.88. The molecule has 0 bridgehead atoms. The quantitative estimate of drug-likeness (QED) is 0.470. The van der Waals surface area contributed by atoms with E-state index in [4.69, 9.17) is 9.47 Å². The first-order chi connectivity index (χ1) is 11.7. The molecule has 0 aliphatic heterocycles. The van der Waals surface area contributed by atoms with Crippen molar-refractivity contribution in [1.29, 1.82) is 0 Å². The van der Waals surface area contributed by atoms with Crippen LogP contribution in [0.5, 0.6) is 0 Å². The van der Waals surface area contributed by atoms with Crippen LogP contribution in [0.2, 0.25) is 0 Å². The SMILES string of the molecule is CCCCCC(C(=O)OC(C)(C)C)C(C)C(=O)OCc1ccccc1. The third-order valence-electron chi connectivity index (χ3n) is 4.03. The number of benzene rings is 1. The standard InChI is InChI=1S/C21H32O4/c1-6-7-9-14-18(20(23)25-21(3,4)5)16(2)19(22)24-15-17-12-10-8-11-13-17/h8,10-13,16,18H,6-7,9,14-15H2,1-5H3. The summed E-state index contributed by atoms with van der Waals surface area (Å²) in [6, 6.07) is 9.54. The molecule has 0 aliphatic rings. The van der Waals surface area contributed by atoms with Crippen LogP contribution < -0.4 is 0 Å². The summed E-state index contributed by atoms with van der Waals surface area (Å²) < 4.78 is 10.9. The Balaban J connectivity index is 2.70. The van der Waals surface area contributed by atoms with Crippen molar-refractivity contribution < 1.29 is 19.1 Å². The van der Waals surface area contributed by atoms with Crippen molar-refractivity contribution in [3.63, 3.8) is 0 Å². The van der Waals surface area contributed by atoms with E-state index in [0.717, 1.165) is 24.8 Å². The number of carbonyl (C=O) groups excluding carboxylic acids is 2. The monoisotopic (exact) mass is 348 g/mol. The summed E-state index contributed by atoms with van der Waals surface area (Å²) in [6.45, 7) is 9.61. The average Bonchev–Trinajstić information content (AvgIpc) is 2.55. The zero-order chi connectivity index (χ0) is 18.9. The highest BCUT2D eigenvalue weighted by Gasteiger charge is 2.34. The molecule has 4 heteroatoms. The molecular weight excluding hydrogens is 316 g/mol.